The van der Waals surface area contributed by atoms with Crippen molar-refractivity contribution in [2.24, 2.45) is 0 Å². The quantitative estimate of drug-likeness (QED) is 0.272. The zero-order chi connectivity index (χ0) is 24.2. The maximum Gasteiger partial charge on any atom is 0.251 e. The minimum absolute atomic E-state index is 0.235. The highest BCUT2D eigenvalue weighted by Crippen LogP contribution is 2.31. The Labute approximate surface area is 213 Å². The van der Waals surface area contributed by atoms with Gasteiger partial charge in [-0.05, 0) is 67.8 Å². The van der Waals surface area contributed by atoms with Gasteiger partial charge in [-0.3, -0.25) is 9.36 Å². The first kappa shape index (κ1) is 24.3. The fourth-order valence-corrected chi connectivity index (χ4v) is 4.98. The molecule has 0 aliphatic heterocycles. The van der Waals surface area contributed by atoms with E-state index >= 15 is 0 Å². The number of carbonyl (C=O) groups excluding carboxylic acids is 1. The molecule has 0 aliphatic rings. The number of amides is 1. The van der Waals surface area contributed by atoms with E-state index < -0.39 is 6.04 Å². The third-order valence-corrected chi connectivity index (χ3v) is 6.96. The van der Waals surface area contributed by atoms with Crippen LogP contribution in [0.15, 0.2) is 71.9 Å². The van der Waals surface area contributed by atoms with Crippen molar-refractivity contribution in [1.29, 1.82) is 0 Å². The molecule has 34 heavy (non-hydrogen) atoms. The topological polar surface area (TPSA) is 59.8 Å². The number of halogens is 2. The summed E-state index contributed by atoms with van der Waals surface area (Å²) in [6.07, 6.45) is 0. The Morgan fingerprint density at radius 2 is 1.74 bits per heavy atom. The van der Waals surface area contributed by atoms with Gasteiger partial charge in [-0.1, -0.05) is 71.4 Å². The molecule has 3 aromatic carbocycles. The summed E-state index contributed by atoms with van der Waals surface area (Å²) >= 11 is 14.0. The number of rotatable bonds is 7. The van der Waals surface area contributed by atoms with Crippen LogP contribution in [0.2, 0.25) is 10.0 Å². The summed E-state index contributed by atoms with van der Waals surface area (Å²) in [7, 11) is 0. The van der Waals surface area contributed by atoms with Crippen LogP contribution >= 0.6 is 35.0 Å². The highest BCUT2D eigenvalue weighted by molar-refractivity contribution is 7.98. The van der Waals surface area contributed by atoms with Gasteiger partial charge in [-0.25, -0.2) is 0 Å². The number of nitrogens with one attached hydrogen (secondary N) is 1. The van der Waals surface area contributed by atoms with Gasteiger partial charge in [0.15, 0.2) is 11.0 Å². The van der Waals surface area contributed by atoms with Crippen LogP contribution in [0.5, 0.6) is 0 Å². The van der Waals surface area contributed by atoms with E-state index in [4.69, 9.17) is 23.2 Å². The van der Waals surface area contributed by atoms with E-state index in [1.807, 2.05) is 48.7 Å². The lowest BCUT2D eigenvalue weighted by Crippen LogP contribution is -2.28. The van der Waals surface area contributed by atoms with Crippen LogP contribution in [0.25, 0.3) is 5.69 Å². The van der Waals surface area contributed by atoms with Gasteiger partial charge in [0.05, 0.1) is 11.7 Å². The predicted octanol–water partition coefficient (Wildman–Crippen LogP) is 6.97. The predicted molar refractivity (Wildman–Crippen MR) is 139 cm³/mol. The van der Waals surface area contributed by atoms with E-state index in [1.165, 1.54) is 11.1 Å². The molecule has 0 spiro atoms. The minimum atomic E-state index is -0.412. The fourth-order valence-electron chi connectivity index (χ4n) is 3.59. The maximum atomic E-state index is 12.9. The van der Waals surface area contributed by atoms with Crippen LogP contribution < -0.4 is 5.32 Å². The molecule has 0 saturated heterocycles. The molecule has 0 saturated carbocycles. The van der Waals surface area contributed by atoms with Crippen LogP contribution in [0.3, 0.4) is 0 Å². The smallest absolute Gasteiger partial charge is 0.251 e. The normalized spacial score (nSPS) is 11.9. The molecule has 5 nitrogen and oxygen atoms in total. The number of aryl methyl sites for hydroxylation is 2. The number of hydrogen-bond donors (Lipinski definition) is 1. The van der Waals surface area contributed by atoms with Crippen molar-refractivity contribution in [3.8, 4) is 5.69 Å². The van der Waals surface area contributed by atoms with Crippen LogP contribution in [-0.4, -0.2) is 20.7 Å². The van der Waals surface area contributed by atoms with Crippen LogP contribution in [0.1, 0.15) is 45.8 Å². The molecule has 1 aromatic heterocycles. The number of nitrogens with zero attached hydrogens (tertiary/aromatic N) is 3. The third kappa shape index (κ3) is 5.46. The Morgan fingerprint density at radius 3 is 2.50 bits per heavy atom. The zero-order valence-electron chi connectivity index (χ0n) is 19.0. The summed E-state index contributed by atoms with van der Waals surface area (Å²) in [4.78, 5) is 12.9. The second kappa shape index (κ2) is 10.6. The molecule has 0 bridgehead atoms. The van der Waals surface area contributed by atoms with Gasteiger partial charge >= 0.3 is 0 Å². The Hall–Kier alpha value is -2.80. The van der Waals surface area contributed by atoms with Gasteiger partial charge in [-0.2, -0.15) is 0 Å². The second-order valence-electron chi connectivity index (χ2n) is 8.03. The van der Waals surface area contributed by atoms with Gasteiger partial charge < -0.3 is 5.32 Å². The number of benzene rings is 3. The van der Waals surface area contributed by atoms with Gasteiger partial charge in [0, 0.05) is 21.4 Å². The van der Waals surface area contributed by atoms with Crippen molar-refractivity contribution in [2.75, 3.05) is 0 Å². The summed E-state index contributed by atoms with van der Waals surface area (Å²) in [6.45, 7) is 6.00. The first-order valence-corrected chi connectivity index (χ1v) is 12.5. The van der Waals surface area contributed by atoms with Gasteiger partial charge in [-0.15, -0.1) is 10.2 Å². The van der Waals surface area contributed by atoms with Gasteiger partial charge in [0.2, 0.25) is 0 Å². The molecule has 4 aromatic rings. The molecule has 8 heteroatoms. The number of hydrogen-bond acceptors (Lipinski definition) is 4. The van der Waals surface area contributed by atoms with E-state index in [9.17, 15) is 4.79 Å². The largest absolute Gasteiger partial charge is 0.342 e. The van der Waals surface area contributed by atoms with Crippen molar-refractivity contribution < 1.29 is 4.79 Å². The van der Waals surface area contributed by atoms with Crippen molar-refractivity contribution in [1.82, 2.24) is 20.1 Å². The summed E-state index contributed by atoms with van der Waals surface area (Å²) in [5.74, 6) is 1.13. The van der Waals surface area contributed by atoms with E-state index in [1.54, 1.807) is 36.0 Å². The molecule has 1 atom stereocenters. The van der Waals surface area contributed by atoms with Gasteiger partial charge in [0.1, 0.15) is 0 Å². The number of aromatic nitrogens is 3. The molecule has 1 unspecified atom stereocenters. The Morgan fingerprint density at radius 1 is 0.971 bits per heavy atom. The summed E-state index contributed by atoms with van der Waals surface area (Å²) in [6, 6.07) is 20.4. The van der Waals surface area contributed by atoms with Crippen molar-refractivity contribution >= 4 is 40.9 Å². The van der Waals surface area contributed by atoms with E-state index in [2.05, 4.69) is 34.6 Å². The lowest BCUT2D eigenvalue weighted by atomic mass is 10.1. The summed E-state index contributed by atoms with van der Waals surface area (Å²) in [5.41, 5.74) is 4.84. The lowest BCUT2D eigenvalue weighted by Gasteiger charge is -2.18. The summed E-state index contributed by atoms with van der Waals surface area (Å²) < 4.78 is 1.98. The second-order valence-corrected chi connectivity index (χ2v) is 9.84. The van der Waals surface area contributed by atoms with E-state index in [0.29, 0.717) is 21.4 Å². The summed E-state index contributed by atoms with van der Waals surface area (Å²) in [5, 5.41) is 13.8. The lowest BCUT2D eigenvalue weighted by molar-refractivity contribution is 0.0938. The Kier molecular flexibility index (Phi) is 7.61. The monoisotopic (exact) mass is 510 g/mol. The highest BCUT2D eigenvalue weighted by atomic mass is 35.5. The van der Waals surface area contributed by atoms with Crippen molar-refractivity contribution in [3.05, 3.63) is 105 Å². The highest BCUT2D eigenvalue weighted by Gasteiger charge is 2.23. The van der Waals surface area contributed by atoms with Crippen molar-refractivity contribution in [3.63, 3.8) is 0 Å². The molecular formula is C26H24Cl2N4OS. The molecule has 1 N–H and O–H groups in total. The molecule has 1 heterocycles. The van der Waals surface area contributed by atoms with E-state index in [-0.39, 0.29) is 5.91 Å². The first-order valence-electron chi connectivity index (χ1n) is 10.8. The first-order chi connectivity index (χ1) is 16.3. The molecule has 4 rings (SSSR count). The molecule has 174 valence electrons. The van der Waals surface area contributed by atoms with Crippen LogP contribution in [-0.2, 0) is 5.75 Å². The zero-order valence-corrected chi connectivity index (χ0v) is 21.4. The minimum Gasteiger partial charge on any atom is -0.342 e. The SMILES string of the molecule is Cc1ccccc1CSc1nnc(C(C)NC(=O)c2cccc(Cl)c2)n1-c1cc(Cl)ccc1C. The molecule has 0 fully saturated rings. The molecule has 0 radical (unpaired) electrons. The van der Waals surface area contributed by atoms with Crippen LogP contribution in [0, 0.1) is 13.8 Å². The van der Waals surface area contributed by atoms with Gasteiger partial charge in [0.25, 0.3) is 5.91 Å². The average Bonchev–Trinajstić information content (AvgIpc) is 3.24. The molecular weight excluding hydrogens is 487 g/mol. The Balaban J connectivity index is 1.68. The number of thioether (sulfide) groups is 1. The number of carbonyl (C=O) groups is 1. The van der Waals surface area contributed by atoms with Crippen LogP contribution in [0.4, 0.5) is 0 Å². The standard InChI is InChI=1S/C26H24Cl2N4OS/c1-16-7-4-5-8-20(16)15-34-26-31-30-24(32(26)23-14-22(28)12-11-17(23)2)18(3)29-25(33)19-9-6-10-21(27)13-19/h4-14,18H,15H2,1-3H3,(H,29,33). The third-order valence-electron chi connectivity index (χ3n) is 5.51. The average molecular weight is 511 g/mol. The molecule has 0 aliphatic carbocycles. The maximum absolute atomic E-state index is 12.9. The molecule has 1 amide bonds. The van der Waals surface area contributed by atoms with Crippen molar-refractivity contribution in [2.45, 2.75) is 37.7 Å². The van der Waals surface area contributed by atoms with E-state index in [0.717, 1.165) is 22.2 Å². The fraction of sp³-hybridized carbons (Fsp3) is 0.192. The Bertz CT molecular complexity index is 1340.